The number of likely N-dealkylation sites (N-methyl/N-ethyl adjacent to an activating group) is 1. The first kappa shape index (κ1) is 34.2. The number of anilines is 1. The fourth-order valence-electron chi connectivity index (χ4n) is 7.17. The summed E-state index contributed by atoms with van der Waals surface area (Å²) in [5.74, 6) is 1.08. The van der Waals surface area contributed by atoms with Gasteiger partial charge in [-0.3, -0.25) is 10.2 Å². The van der Waals surface area contributed by atoms with E-state index in [9.17, 15) is 9.59 Å². The van der Waals surface area contributed by atoms with Crippen LogP contribution in [0.15, 0.2) is 84.1 Å². The van der Waals surface area contributed by atoms with E-state index in [1.165, 1.54) is 27.8 Å². The van der Waals surface area contributed by atoms with Gasteiger partial charge >= 0.3 is 0 Å². The molecule has 3 heterocycles. The number of hydrogen-bond acceptors (Lipinski definition) is 7. The van der Waals surface area contributed by atoms with Crippen LogP contribution in [-0.4, -0.2) is 61.5 Å². The van der Waals surface area contributed by atoms with Crippen LogP contribution in [0.3, 0.4) is 0 Å². The summed E-state index contributed by atoms with van der Waals surface area (Å²) in [6.07, 6.45) is 7.79. The number of hydrazone groups is 1. The molecule has 1 aromatic heterocycles. The Labute approximate surface area is 290 Å². The van der Waals surface area contributed by atoms with Gasteiger partial charge < -0.3 is 20.3 Å². The van der Waals surface area contributed by atoms with E-state index in [0.29, 0.717) is 18.8 Å². The third-order valence-corrected chi connectivity index (χ3v) is 10.2. The second kappa shape index (κ2) is 16.2. The SMILES string of the molecule is CNCc1ccc(C2=NNc3ncc(-c4ccc(C5CCN(CCc6ccc(C(CCC=O)C(=O)NC)cc6)CC5)cc4)cc3C2)cc1C. The number of carbonyl (C=O) groups is 2. The third kappa shape index (κ3) is 8.32. The minimum Gasteiger partial charge on any atom is -0.359 e. The fourth-order valence-corrected chi connectivity index (χ4v) is 7.17. The van der Waals surface area contributed by atoms with Gasteiger partial charge in [0.25, 0.3) is 0 Å². The Kier molecular flexibility index (Phi) is 11.3. The lowest BCUT2D eigenvalue weighted by Gasteiger charge is -2.32. The lowest BCUT2D eigenvalue weighted by atomic mass is 9.88. The zero-order valence-corrected chi connectivity index (χ0v) is 29.0. The van der Waals surface area contributed by atoms with E-state index in [1.807, 2.05) is 25.4 Å². The van der Waals surface area contributed by atoms with Gasteiger partial charge in [-0.25, -0.2) is 4.98 Å². The molecule has 1 fully saturated rings. The van der Waals surface area contributed by atoms with E-state index in [2.05, 4.69) is 93.6 Å². The second-order valence-electron chi connectivity index (χ2n) is 13.4. The van der Waals surface area contributed by atoms with Crippen molar-refractivity contribution in [1.82, 2.24) is 20.5 Å². The van der Waals surface area contributed by atoms with Crippen LogP contribution in [0.2, 0.25) is 0 Å². The molecule has 0 saturated carbocycles. The van der Waals surface area contributed by atoms with Crippen LogP contribution in [0.25, 0.3) is 11.1 Å². The zero-order valence-electron chi connectivity index (χ0n) is 29.0. The van der Waals surface area contributed by atoms with Crippen LogP contribution in [-0.2, 0) is 29.0 Å². The number of aryl methyl sites for hydroxylation is 1. The quantitative estimate of drug-likeness (QED) is 0.145. The Morgan fingerprint density at radius 3 is 2.43 bits per heavy atom. The molecule has 0 radical (unpaired) electrons. The van der Waals surface area contributed by atoms with E-state index in [-0.39, 0.29) is 11.8 Å². The molecule has 49 heavy (non-hydrogen) atoms. The number of rotatable bonds is 13. The average Bonchev–Trinajstić information content (AvgIpc) is 3.15. The third-order valence-electron chi connectivity index (χ3n) is 10.2. The number of fused-ring (bicyclic) bond motifs is 1. The van der Waals surface area contributed by atoms with Gasteiger partial charge in [0.1, 0.15) is 12.1 Å². The van der Waals surface area contributed by atoms with Crippen molar-refractivity contribution in [3.63, 3.8) is 0 Å². The largest absolute Gasteiger partial charge is 0.359 e. The minimum absolute atomic E-state index is 0.0393. The number of pyridine rings is 1. The second-order valence-corrected chi connectivity index (χ2v) is 13.4. The number of piperidine rings is 1. The Balaban J connectivity index is 1.01. The van der Waals surface area contributed by atoms with Crippen molar-refractivity contribution in [3.8, 4) is 11.1 Å². The highest BCUT2D eigenvalue weighted by Gasteiger charge is 2.22. The summed E-state index contributed by atoms with van der Waals surface area (Å²) in [5, 5.41) is 10.6. The number of nitrogens with one attached hydrogen (secondary N) is 3. The van der Waals surface area contributed by atoms with Crippen LogP contribution < -0.4 is 16.1 Å². The Bertz CT molecular complexity index is 1780. The predicted octanol–water partition coefficient (Wildman–Crippen LogP) is 6.38. The molecule has 1 amide bonds. The first-order valence-electron chi connectivity index (χ1n) is 17.6. The van der Waals surface area contributed by atoms with Crippen LogP contribution in [0.4, 0.5) is 5.82 Å². The van der Waals surface area contributed by atoms with Crippen LogP contribution in [0.1, 0.15) is 76.5 Å². The number of aromatic nitrogens is 1. The molecule has 0 spiro atoms. The lowest BCUT2D eigenvalue weighted by molar-refractivity contribution is -0.122. The Hall–Kier alpha value is -4.66. The summed E-state index contributed by atoms with van der Waals surface area (Å²) in [5.41, 5.74) is 15.1. The highest BCUT2D eigenvalue weighted by molar-refractivity contribution is 6.04. The summed E-state index contributed by atoms with van der Waals surface area (Å²) < 4.78 is 0. The maximum absolute atomic E-state index is 12.3. The Morgan fingerprint density at radius 2 is 1.73 bits per heavy atom. The van der Waals surface area contributed by atoms with Crippen molar-refractivity contribution in [3.05, 3.63) is 118 Å². The van der Waals surface area contributed by atoms with Gasteiger partial charge in [0.05, 0.1) is 11.6 Å². The molecule has 1 atom stereocenters. The smallest absolute Gasteiger partial charge is 0.227 e. The summed E-state index contributed by atoms with van der Waals surface area (Å²) in [6.45, 7) is 6.24. The van der Waals surface area contributed by atoms with Gasteiger partial charge in [-0.15, -0.1) is 0 Å². The van der Waals surface area contributed by atoms with E-state index in [4.69, 9.17) is 4.98 Å². The van der Waals surface area contributed by atoms with Crippen molar-refractivity contribution in [1.29, 1.82) is 0 Å². The molecule has 2 aliphatic rings. The molecule has 6 rings (SSSR count). The van der Waals surface area contributed by atoms with Gasteiger partial charge in [0.2, 0.25) is 5.91 Å². The van der Waals surface area contributed by atoms with E-state index in [0.717, 1.165) is 91.9 Å². The number of hydrogen-bond donors (Lipinski definition) is 3. The van der Waals surface area contributed by atoms with Crippen LogP contribution >= 0.6 is 0 Å². The summed E-state index contributed by atoms with van der Waals surface area (Å²) in [6, 6.07) is 26.3. The maximum atomic E-state index is 12.3. The highest BCUT2D eigenvalue weighted by atomic mass is 16.1. The molecule has 1 saturated heterocycles. The van der Waals surface area contributed by atoms with Gasteiger partial charge in [0, 0.05) is 50.3 Å². The van der Waals surface area contributed by atoms with Gasteiger partial charge in [-0.05, 0) is 110 Å². The predicted molar refractivity (Wildman–Crippen MR) is 198 cm³/mol. The number of carbonyl (C=O) groups excluding carboxylic acids is 2. The monoisotopic (exact) mass is 656 g/mol. The molecule has 0 bridgehead atoms. The topological polar surface area (TPSA) is 98.7 Å². The molecule has 3 N–H and O–H groups in total. The standard InChI is InChI=1S/C41H48N6O2/c1-28-23-34(14-15-35(28)26-42-2)39-25-36-24-37(27-44-40(36)46-45-39)31-12-10-30(11-13-31)32-17-20-47(21-18-32)19-16-29-6-8-33(9-7-29)38(5-4-22-48)41(49)43-3/h6-15,22-24,27,32,38,42H,4-5,16-21,25-26H2,1-3H3,(H,43,49)(H,44,46). The molecule has 0 aliphatic carbocycles. The van der Waals surface area contributed by atoms with Gasteiger partial charge in [-0.1, -0.05) is 60.7 Å². The average molecular weight is 657 g/mol. The van der Waals surface area contributed by atoms with Gasteiger partial charge in [0.15, 0.2) is 0 Å². The maximum Gasteiger partial charge on any atom is 0.227 e. The molecule has 8 heteroatoms. The fraction of sp³-hybridized carbons (Fsp3) is 0.366. The summed E-state index contributed by atoms with van der Waals surface area (Å²) in [7, 11) is 3.62. The normalized spacial score (nSPS) is 15.5. The van der Waals surface area contributed by atoms with Crippen molar-refractivity contribution in [2.45, 2.75) is 63.8 Å². The van der Waals surface area contributed by atoms with E-state index in [1.54, 1.807) is 7.05 Å². The molecule has 1 unspecified atom stereocenters. The number of nitrogens with zero attached hydrogens (tertiary/aromatic N) is 3. The first-order chi connectivity index (χ1) is 23.9. The van der Waals surface area contributed by atoms with Crippen molar-refractivity contribution in [2.24, 2.45) is 5.10 Å². The zero-order chi connectivity index (χ0) is 34.2. The number of amides is 1. The summed E-state index contributed by atoms with van der Waals surface area (Å²) >= 11 is 0. The molecule has 3 aromatic carbocycles. The van der Waals surface area contributed by atoms with E-state index >= 15 is 0 Å². The van der Waals surface area contributed by atoms with Crippen molar-refractivity contribution < 1.29 is 9.59 Å². The molecule has 4 aromatic rings. The number of benzene rings is 3. The summed E-state index contributed by atoms with van der Waals surface area (Å²) in [4.78, 5) is 30.5. The molecular formula is C41H48N6O2. The molecular weight excluding hydrogens is 608 g/mol. The highest BCUT2D eigenvalue weighted by Crippen LogP contribution is 2.32. The van der Waals surface area contributed by atoms with Crippen LogP contribution in [0, 0.1) is 6.92 Å². The Morgan fingerprint density at radius 1 is 0.980 bits per heavy atom. The molecule has 254 valence electrons. The lowest BCUT2D eigenvalue weighted by Crippen LogP contribution is -2.34. The van der Waals surface area contributed by atoms with Crippen LogP contribution in [0.5, 0.6) is 0 Å². The van der Waals surface area contributed by atoms with Crippen molar-refractivity contribution in [2.75, 3.05) is 39.2 Å². The first-order valence-corrected chi connectivity index (χ1v) is 17.6. The molecule has 8 nitrogen and oxygen atoms in total. The van der Waals surface area contributed by atoms with Crippen molar-refractivity contribution >= 4 is 23.7 Å². The van der Waals surface area contributed by atoms with E-state index < -0.39 is 0 Å². The minimum atomic E-state index is -0.283. The molecule has 2 aliphatic heterocycles. The number of aldehydes is 1. The van der Waals surface area contributed by atoms with Gasteiger partial charge in [-0.2, -0.15) is 5.10 Å². The number of likely N-dealkylation sites (tertiary alicyclic amines) is 1.